The van der Waals surface area contributed by atoms with Gasteiger partial charge in [-0.05, 0) is 132 Å². The molecule has 5 heterocycles. The van der Waals surface area contributed by atoms with Gasteiger partial charge in [0.05, 0.1) is 43.6 Å². The molecule has 12 nitrogen and oxygen atoms in total. The van der Waals surface area contributed by atoms with Gasteiger partial charge in [0, 0.05) is 61.3 Å². The molecule has 0 spiro atoms. The molecule has 3 aliphatic heterocycles. The van der Waals surface area contributed by atoms with E-state index >= 15 is 0 Å². The number of aromatic nitrogens is 4. The van der Waals surface area contributed by atoms with Gasteiger partial charge in [0.2, 0.25) is 0 Å². The van der Waals surface area contributed by atoms with Crippen molar-refractivity contribution in [2.24, 2.45) is 0 Å². The minimum Gasteiger partial charge on any atom is -0.462 e. The van der Waals surface area contributed by atoms with Gasteiger partial charge in [0.25, 0.3) is 0 Å². The number of nitrogens with one attached hydrogen (secondary N) is 1. The molecule has 3 saturated heterocycles. The fraction of sp³-hybridized carbons (Fsp3) is 0.566. The lowest BCUT2D eigenvalue weighted by Gasteiger charge is -2.43. The van der Waals surface area contributed by atoms with Gasteiger partial charge in [0.15, 0.2) is 0 Å². The van der Waals surface area contributed by atoms with Crippen LogP contribution in [0.15, 0.2) is 73.3 Å². The van der Waals surface area contributed by atoms with Crippen LogP contribution in [0.1, 0.15) is 164 Å². The molecular weight excluding hydrogens is 817 g/mol. The number of hydrogen-bond acceptors (Lipinski definition) is 12. The second-order valence-corrected chi connectivity index (χ2v) is 19.0. The summed E-state index contributed by atoms with van der Waals surface area (Å²) in [6.45, 7) is 10.7. The summed E-state index contributed by atoms with van der Waals surface area (Å²) >= 11 is 0. The van der Waals surface area contributed by atoms with Crippen molar-refractivity contribution in [1.29, 1.82) is 0 Å². The highest BCUT2D eigenvalue weighted by Gasteiger charge is 2.41. The summed E-state index contributed by atoms with van der Waals surface area (Å²) in [4.78, 5) is 54.1. The fourth-order valence-corrected chi connectivity index (χ4v) is 10.2. The second-order valence-electron chi connectivity index (χ2n) is 19.0. The summed E-state index contributed by atoms with van der Waals surface area (Å²) < 4.78 is 15.4. The first-order chi connectivity index (χ1) is 31.8. The number of nitrogens with zero attached hydrogens (tertiary/aromatic N) is 5. The first-order valence-electron chi connectivity index (χ1n) is 24.5. The maximum absolute atomic E-state index is 11.9. The molecule has 0 radical (unpaired) electrons. The maximum atomic E-state index is 11.9. The van der Waals surface area contributed by atoms with Crippen LogP contribution >= 0.6 is 0 Å². The van der Waals surface area contributed by atoms with Crippen LogP contribution in [0.4, 0.5) is 0 Å². The van der Waals surface area contributed by atoms with E-state index in [-0.39, 0.29) is 22.8 Å². The molecule has 2 aromatic carbocycles. The molecule has 346 valence electrons. The van der Waals surface area contributed by atoms with Crippen molar-refractivity contribution in [3.8, 4) is 0 Å². The number of rotatable bonds is 13. The number of benzene rings is 2. The summed E-state index contributed by atoms with van der Waals surface area (Å²) in [5.41, 5.74) is 6.89. The highest BCUT2D eigenvalue weighted by atomic mass is 16.5. The van der Waals surface area contributed by atoms with Crippen molar-refractivity contribution in [3.05, 3.63) is 118 Å². The quantitative estimate of drug-likeness (QED) is 0.129. The van der Waals surface area contributed by atoms with E-state index in [0.717, 1.165) is 70.1 Å². The van der Waals surface area contributed by atoms with Gasteiger partial charge in [-0.15, -0.1) is 0 Å². The monoisotopic (exact) mass is 885 g/mol. The largest absolute Gasteiger partial charge is 0.462 e. The van der Waals surface area contributed by atoms with Crippen molar-refractivity contribution < 1.29 is 28.6 Å². The Labute approximate surface area is 385 Å². The molecule has 12 heteroatoms. The van der Waals surface area contributed by atoms with E-state index in [0.29, 0.717) is 48.0 Å². The molecule has 1 N–H and O–H groups in total. The number of piperidine rings is 2. The molecular formula is C53H68N6O6. The Morgan fingerprint density at radius 1 is 0.677 bits per heavy atom. The Balaban J connectivity index is 0.000000161. The van der Waals surface area contributed by atoms with Gasteiger partial charge in [-0.1, -0.05) is 61.4 Å². The molecule has 3 aliphatic carbocycles. The Morgan fingerprint density at radius 2 is 1.12 bits per heavy atom. The SMILES string of the molecule is CCOC(=O)c1cnc(CC2(c3cccc(C4CCN(C5COC5)CC4)c3)CCC2)nc1.CCOC(=O)c1cnc(CC2(c3cccc(C4CCNCC4)c3)CCC2)nc1.O=C1CCC1. The third-order valence-corrected chi connectivity index (χ3v) is 14.9. The molecule has 0 bridgehead atoms. The van der Waals surface area contributed by atoms with Gasteiger partial charge < -0.3 is 19.5 Å². The number of ether oxygens (including phenoxy) is 3. The second kappa shape index (κ2) is 22.1. The van der Waals surface area contributed by atoms with Gasteiger partial charge in [0.1, 0.15) is 17.4 Å². The smallest absolute Gasteiger partial charge is 0.341 e. The predicted octanol–water partition coefficient (Wildman–Crippen LogP) is 8.42. The summed E-state index contributed by atoms with van der Waals surface area (Å²) in [5, 5.41) is 3.46. The molecule has 2 aromatic heterocycles. The number of likely N-dealkylation sites (tertiary alicyclic amines) is 1. The lowest BCUT2D eigenvalue weighted by atomic mass is 9.62. The Kier molecular flexibility index (Phi) is 15.8. The fourth-order valence-electron chi connectivity index (χ4n) is 10.2. The van der Waals surface area contributed by atoms with Gasteiger partial charge in [-0.3, -0.25) is 9.69 Å². The van der Waals surface area contributed by atoms with E-state index in [9.17, 15) is 14.4 Å². The van der Waals surface area contributed by atoms with Crippen molar-refractivity contribution in [1.82, 2.24) is 30.2 Å². The number of carbonyl (C=O) groups excluding carboxylic acids is 3. The predicted molar refractivity (Wildman–Crippen MR) is 249 cm³/mol. The number of hydrogen-bond donors (Lipinski definition) is 1. The first kappa shape index (κ1) is 46.6. The van der Waals surface area contributed by atoms with Crippen LogP contribution < -0.4 is 5.32 Å². The number of esters is 2. The molecule has 10 rings (SSSR count). The summed E-state index contributed by atoms with van der Waals surface area (Å²) in [7, 11) is 0. The molecule has 0 amide bonds. The third-order valence-electron chi connectivity index (χ3n) is 14.9. The molecule has 0 atom stereocenters. The first-order valence-corrected chi connectivity index (χ1v) is 24.5. The van der Waals surface area contributed by atoms with Crippen LogP contribution in [0.5, 0.6) is 0 Å². The average Bonchev–Trinajstić information content (AvgIpc) is 3.29. The Morgan fingerprint density at radius 3 is 1.48 bits per heavy atom. The van der Waals surface area contributed by atoms with Crippen LogP contribution in [0.3, 0.4) is 0 Å². The van der Waals surface area contributed by atoms with Crippen LogP contribution in [0.2, 0.25) is 0 Å². The Hall–Kier alpha value is -4.91. The summed E-state index contributed by atoms with van der Waals surface area (Å²) in [6, 6.07) is 19.2. The minimum atomic E-state index is -0.360. The number of ketones is 1. The van der Waals surface area contributed by atoms with E-state index < -0.39 is 0 Å². The summed E-state index contributed by atoms with van der Waals surface area (Å²) in [6.07, 6.45) is 22.9. The molecule has 65 heavy (non-hydrogen) atoms. The van der Waals surface area contributed by atoms with Gasteiger partial charge in [-0.2, -0.15) is 0 Å². The van der Waals surface area contributed by atoms with Gasteiger partial charge in [-0.25, -0.2) is 29.5 Å². The Bertz CT molecular complexity index is 2180. The molecule has 6 fully saturated rings. The van der Waals surface area contributed by atoms with Gasteiger partial charge >= 0.3 is 11.9 Å². The lowest BCUT2D eigenvalue weighted by molar-refractivity contribution is -0.123. The van der Waals surface area contributed by atoms with Crippen molar-refractivity contribution in [3.63, 3.8) is 0 Å². The van der Waals surface area contributed by atoms with E-state index in [1.54, 1.807) is 38.6 Å². The topological polar surface area (TPSA) is 146 Å². The number of Topliss-reactive ketones (excluding diaryl/α,β-unsaturated/α-hetero) is 1. The zero-order valence-corrected chi connectivity index (χ0v) is 38.6. The molecule has 0 unspecified atom stereocenters. The lowest BCUT2D eigenvalue weighted by Crippen LogP contribution is -2.51. The normalized spacial score (nSPS) is 20.5. The minimum absolute atomic E-state index is 0.116. The summed E-state index contributed by atoms with van der Waals surface area (Å²) in [5.74, 6) is 2.63. The van der Waals surface area contributed by atoms with E-state index in [2.05, 4.69) is 78.7 Å². The van der Waals surface area contributed by atoms with E-state index in [1.807, 2.05) is 0 Å². The average molecular weight is 885 g/mol. The van der Waals surface area contributed by atoms with Crippen LogP contribution in [-0.4, -0.2) is 101 Å². The third kappa shape index (κ3) is 11.6. The van der Waals surface area contributed by atoms with Crippen LogP contribution in [0, 0.1) is 0 Å². The van der Waals surface area contributed by atoms with Crippen molar-refractivity contribution >= 4 is 17.7 Å². The van der Waals surface area contributed by atoms with Crippen molar-refractivity contribution in [2.45, 2.75) is 139 Å². The van der Waals surface area contributed by atoms with E-state index in [1.165, 1.54) is 99.6 Å². The highest BCUT2D eigenvalue weighted by molar-refractivity contribution is 5.89. The molecule has 6 aliphatic rings. The van der Waals surface area contributed by atoms with Crippen LogP contribution in [-0.2, 0) is 42.7 Å². The van der Waals surface area contributed by atoms with Crippen molar-refractivity contribution in [2.75, 3.05) is 52.6 Å². The van der Waals surface area contributed by atoms with Crippen LogP contribution in [0.25, 0.3) is 0 Å². The maximum Gasteiger partial charge on any atom is 0.341 e. The standard InChI is InChI=1S/C26H33N3O3.C23H29N3O2.C4H6O/c1-2-32-25(30)21-15-27-24(28-16-21)14-26(9-4-10-26)22-6-3-5-20(13-22)19-7-11-29(12-8-19)23-17-31-18-23;1-2-28-22(27)19-15-25-21(26-16-19)14-23(9-4-10-23)20-6-3-5-18(13-20)17-7-11-24-12-8-17;5-4-2-1-3-4/h3,5-6,13,15-16,19,23H,2,4,7-12,14,17-18H2,1H3;3,5-6,13,15-17,24H,2,4,7-12,14H2,1H3;1-3H2. The highest BCUT2D eigenvalue weighted by Crippen LogP contribution is 2.48. The van der Waals surface area contributed by atoms with E-state index in [4.69, 9.17) is 14.2 Å². The zero-order chi connectivity index (χ0) is 45.1. The molecule has 3 saturated carbocycles. The molecule has 4 aromatic rings. The number of carbonyl (C=O) groups is 3. The zero-order valence-electron chi connectivity index (χ0n) is 38.6.